The van der Waals surface area contributed by atoms with E-state index in [-0.39, 0.29) is 0 Å². The van der Waals surface area contributed by atoms with Crippen LogP contribution < -0.4 is 10.2 Å². The van der Waals surface area contributed by atoms with Gasteiger partial charge in [0.05, 0.1) is 6.54 Å². The molecule has 6 heteroatoms. The Hall–Kier alpha value is -1.14. The number of anilines is 1. The van der Waals surface area contributed by atoms with E-state index in [4.69, 9.17) is 4.42 Å². The Morgan fingerprint density at radius 2 is 2.11 bits per heavy atom. The Labute approximate surface area is 108 Å². The highest BCUT2D eigenvalue weighted by Gasteiger charge is 2.17. The van der Waals surface area contributed by atoms with Crippen molar-refractivity contribution in [1.82, 2.24) is 20.4 Å². The van der Waals surface area contributed by atoms with Gasteiger partial charge in [-0.2, -0.15) is 0 Å². The summed E-state index contributed by atoms with van der Waals surface area (Å²) in [5, 5.41) is 11.5. The lowest BCUT2D eigenvalue weighted by molar-refractivity contribution is 0.359. The van der Waals surface area contributed by atoms with Gasteiger partial charge < -0.3 is 19.5 Å². The molecule has 0 atom stereocenters. The van der Waals surface area contributed by atoms with E-state index in [1.165, 1.54) is 0 Å². The molecule has 0 radical (unpaired) electrons. The molecule has 1 aromatic rings. The van der Waals surface area contributed by atoms with Crippen molar-refractivity contribution < 1.29 is 4.42 Å². The van der Waals surface area contributed by atoms with E-state index in [2.05, 4.69) is 39.3 Å². The maximum absolute atomic E-state index is 5.68. The summed E-state index contributed by atoms with van der Waals surface area (Å²) >= 11 is 0. The van der Waals surface area contributed by atoms with Crippen LogP contribution >= 0.6 is 0 Å². The van der Waals surface area contributed by atoms with Crippen molar-refractivity contribution in [3.05, 3.63) is 5.89 Å². The molecule has 6 nitrogen and oxygen atoms in total. The van der Waals surface area contributed by atoms with Gasteiger partial charge in [0, 0.05) is 19.6 Å². The molecule has 0 spiro atoms. The number of rotatable bonds is 5. The lowest BCUT2D eigenvalue weighted by Crippen LogP contribution is -2.28. The topological polar surface area (TPSA) is 57.4 Å². The minimum absolute atomic E-state index is 0.661. The first-order chi connectivity index (χ1) is 8.79. The molecule has 1 aliphatic heterocycles. The molecule has 18 heavy (non-hydrogen) atoms. The zero-order valence-electron chi connectivity index (χ0n) is 11.4. The van der Waals surface area contributed by atoms with Crippen molar-refractivity contribution in [2.24, 2.45) is 0 Å². The fraction of sp³-hybridized carbons (Fsp3) is 0.833. The summed E-state index contributed by atoms with van der Waals surface area (Å²) in [6, 6.07) is 0.665. The largest absolute Gasteiger partial charge is 0.407 e. The van der Waals surface area contributed by atoms with E-state index in [9.17, 15) is 0 Å². The van der Waals surface area contributed by atoms with E-state index in [0.717, 1.165) is 45.6 Å². The summed E-state index contributed by atoms with van der Waals surface area (Å²) in [5.41, 5.74) is 0. The summed E-state index contributed by atoms with van der Waals surface area (Å²) in [6.45, 7) is 7.91. The second-order valence-electron chi connectivity index (χ2n) is 4.80. The monoisotopic (exact) mass is 253 g/mol. The molecule has 0 saturated carbocycles. The van der Waals surface area contributed by atoms with Crippen LogP contribution in [0, 0.1) is 0 Å². The predicted molar refractivity (Wildman–Crippen MR) is 70.6 cm³/mol. The highest BCUT2D eigenvalue weighted by molar-refractivity contribution is 5.24. The zero-order chi connectivity index (χ0) is 12.8. The van der Waals surface area contributed by atoms with Crippen LogP contribution in [0.25, 0.3) is 0 Å². The average Bonchev–Trinajstić information content (AvgIpc) is 2.72. The van der Waals surface area contributed by atoms with Gasteiger partial charge in [-0.25, -0.2) is 0 Å². The van der Waals surface area contributed by atoms with Crippen LogP contribution in [-0.2, 0) is 6.54 Å². The van der Waals surface area contributed by atoms with E-state index in [1.807, 2.05) is 0 Å². The second kappa shape index (κ2) is 6.70. The van der Waals surface area contributed by atoms with Crippen molar-refractivity contribution in [2.75, 3.05) is 44.7 Å². The summed E-state index contributed by atoms with van der Waals surface area (Å²) in [5.74, 6) is 0.677. The summed E-state index contributed by atoms with van der Waals surface area (Å²) in [7, 11) is 2.15. The molecule has 2 heterocycles. The minimum atomic E-state index is 0.661. The quantitative estimate of drug-likeness (QED) is 0.780. The maximum atomic E-state index is 5.68. The predicted octanol–water partition coefficient (Wildman–Crippen LogP) is 0.711. The smallest absolute Gasteiger partial charge is 0.318 e. The van der Waals surface area contributed by atoms with Crippen LogP contribution in [0.2, 0.25) is 0 Å². The van der Waals surface area contributed by atoms with Crippen LogP contribution in [0.3, 0.4) is 0 Å². The third kappa shape index (κ3) is 3.68. The van der Waals surface area contributed by atoms with Gasteiger partial charge in [0.2, 0.25) is 5.89 Å². The molecule has 0 aromatic carbocycles. The van der Waals surface area contributed by atoms with E-state index >= 15 is 0 Å². The Kier molecular flexibility index (Phi) is 4.95. The number of likely N-dealkylation sites (N-methyl/N-ethyl adjacent to an activating group) is 1. The fourth-order valence-corrected chi connectivity index (χ4v) is 2.05. The van der Waals surface area contributed by atoms with Crippen LogP contribution in [0.1, 0.15) is 25.7 Å². The first-order valence-corrected chi connectivity index (χ1v) is 6.76. The number of aromatic nitrogens is 2. The second-order valence-corrected chi connectivity index (χ2v) is 4.80. The standard InChI is InChI=1S/C12H23N5O/c1-3-5-13-10-11-14-15-12(18-11)17-7-4-6-16(2)8-9-17/h13H,3-10H2,1-2H3. The Bertz CT molecular complexity index is 354. The number of hydrogen-bond donors (Lipinski definition) is 1. The van der Waals surface area contributed by atoms with E-state index in [0.29, 0.717) is 18.5 Å². The van der Waals surface area contributed by atoms with Gasteiger partial charge in [0.1, 0.15) is 0 Å². The molecule has 1 fully saturated rings. The number of nitrogens with one attached hydrogen (secondary N) is 1. The first kappa shape index (κ1) is 13.3. The Morgan fingerprint density at radius 3 is 2.94 bits per heavy atom. The third-order valence-electron chi connectivity index (χ3n) is 3.15. The molecule has 1 N–H and O–H groups in total. The highest BCUT2D eigenvalue weighted by Crippen LogP contribution is 2.14. The van der Waals surface area contributed by atoms with Gasteiger partial charge in [-0.3, -0.25) is 0 Å². The number of nitrogens with zero attached hydrogens (tertiary/aromatic N) is 4. The summed E-state index contributed by atoms with van der Waals surface area (Å²) in [6.07, 6.45) is 2.25. The molecule has 1 aromatic heterocycles. The normalized spacial score (nSPS) is 18.0. The number of hydrogen-bond acceptors (Lipinski definition) is 6. The first-order valence-electron chi connectivity index (χ1n) is 6.76. The third-order valence-corrected chi connectivity index (χ3v) is 3.15. The maximum Gasteiger partial charge on any atom is 0.318 e. The van der Waals surface area contributed by atoms with Gasteiger partial charge in [-0.1, -0.05) is 12.0 Å². The average molecular weight is 253 g/mol. The van der Waals surface area contributed by atoms with Crippen molar-refractivity contribution in [1.29, 1.82) is 0 Å². The molecule has 0 unspecified atom stereocenters. The SMILES string of the molecule is CCCNCc1nnc(N2CCCN(C)CC2)o1. The molecule has 0 amide bonds. The van der Waals surface area contributed by atoms with Gasteiger partial charge in [-0.05, 0) is 33.0 Å². The molecular weight excluding hydrogens is 230 g/mol. The van der Waals surface area contributed by atoms with Crippen molar-refractivity contribution in [3.8, 4) is 0 Å². The molecular formula is C12H23N5O. The Balaban J connectivity index is 1.88. The van der Waals surface area contributed by atoms with Crippen molar-refractivity contribution in [2.45, 2.75) is 26.3 Å². The van der Waals surface area contributed by atoms with Crippen LogP contribution in [0.5, 0.6) is 0 Å². The molecule has 0 bridgehead atoms. The molecule has 102 valence electrons. The van der Waals surface area contributed by atoms with Crippen LogP contribution in [-0.4, -0.2) is 54.9 Å². The van der Waals surface area contributed by atoms with Gasteiger partial charge >= 0.3 is 6.01 Å². The summed E-state index contributed by atoms with van der Waals surface area (Å²) in [4.78, 5) is 4.51. The van der Waals surface area contributed by atoms with E-state index < -0.39 is 0 Å². The van der Waals surface area contributed by atoms with Crippen LogP contribution in [0.4, 0.5) is 6.01 Å². The highest BCUT2D eigenvalue weighted by atomic mass is 16.4. The molecule has 1 aliphatic rings. The van der Waals surface area contributed by atoms with Crippen LogP contribution in [0.15, 0.2) is 4.42 Å². The van der Waals surface area contributed by atoms with Crippen molar-refractivity contribution in [3.63, 3.8) is 0 Å². The van der Waals surface area contributed by atoms with Crippen molar-refractivity contribution >= 4 is 6.01 Å². The molecule has 0 aliphatic carbocycles. The lowest BCUT2D eigenvalue weighted by Gasteiger charge is -2.17. The van der Waals surface area contributed by atoms with Gasteiger partial charge in [-0.15, -0.1) is 5.10 Å². The lowest BCUT2D eigenvalue weighted by atomic mass is 10.4. The van der Waals surface area contributed by atoms with E-state index in [1.54, 1.807) is 0 Å². The summed E-state index contributed by atoms with van der Waals surface area (Å²) < 4.78 is 5.68. The molecule has 2 rings (SSSR count). The zero-order valence-corrected chi connectivity index (χ0v) is 11.4. The van der Waals surface area contributed by atoms with Gasteiger partial charge in [0.15, 0.2) is 0 Å². The minimum Gasteiger partial charge on any atom is -0.407 e. The molecule has 1 saturated heterocycles. The Morgan fingerprint density at radius 1 is 1.22 bits per heavy atom. The van der Waals surface area contributed by atoms with Gasteiger partial charge in [0.25, 0.3) is 0 Å². The fourth-order valence-electron chi connectivity index (χ4n) is 2.05.